The van der Waals surface area contributed by atoms with Crippen molar-refractivity contribution in [2.45, 2.75) is 0 Å². The van der Waals surface area contributed by atoms with Crippen LogP contribution in [0.15, 0.2) is 30.3 Å². The van der Waals surface area contributed by atoms with Gasteiger partial charge in [0.1, 0.15) is 7.32 Å². The third-order valence-corrected chi connectivity index (χ3v) is 0.976. The zero-order valence-corrected chi connectivity index (χ0v) is 13.4. The van der Waals surface area contributed by atoms with E-state index in [9.17, 15) is 10.0 Å². The third-order valence-electron chi connectivity index (χ3n) is 0.976. The molecular weight excluding hydrogens is 209 g/mol. The molecule has 1 aromatic rings. The SMILES string of the molecule is [K+].[K+].[O-]B([O-])Oc1ccccc1. The van der Waals surface area contributed by atoms with Crippen LogP contribution in [0, 0.1) is 0 Å². The molecule has 0 unspecified atom stereocenters. The van der Waals surface area contributed by atoms with Crippen LogP contribution in [0.2, 0.25) is 0 Å². The largest absolute Gasteiger partial charge is 1.00 e. The van der Waals surface area contributed by atoms with E-state index in [1.165, 1.54) is 0 Å². The molecule has 0 amide bonds. The van der Waals surface area contributed by atoms with Crippen molar-refractivity contribution >= 4 is 7.32 Å². The molecule has 0 bridgehead atoms. The molecule has 0 heterocycles. The molecule has 0 aliphatic rings. The molecule has 0 N–H and O–H groups in total. The maximum atomic E-state index is 9.92. The van der Waals surface area contributed by atoms with Crippen molar-refractivity contribution in [3.63, 3.8) is 0 Å². The minimum Gasteiger partial charge on any atom is -0.860 e. The fourth-order valence-corrected chi connectivity index (χ4v) is 0.610. The van der Waals surface area contributed by atoms with Crippen LogP contribution >= 0.6 is 0 Å². The van der Waals surface area contributed by atoms with Crippen molar-refractivity contribution in [1.29, 1.82) is 0 Å². The second kappa shape index (κ2) is 9.82. The summed E-state index contributed by atoms with van der Waals surface area (Å²) in [6.45, 7) is 0. The zero-order valence-electron chi connectivity index (χ0n) is 7.19. The topological polar surface area (TPSA) is 55.3 Å². The first-order valence-electron chi connectivity index (χ1n) is 2.82. The van der Waals surface area contributed by atoms with E-state index in [1.54, 1.807) is 30.3 Å². The summed E-state index contributed by atoms with van der Waals surface area (Å²) in [5, 5.41) is 19.8. The van der Waals surface area contributed by atoms with Gasteiger partial charge in [-0.25, -0.2) is 0 Å². The van der Waals surface area contributed by atoms with Gasteiger partial charge >= 0.3 is 103 Å². The normalized spacial score (nSPS) is 7.50. The summed E-state index contributed by atoms with van der Waals surface area (Å²) >= 11 is 0. The number of rotatable bonds is 2. The molecule has 1 aromatic carbocycles. The molecule has 0 fully saturated rings. The van der Waals surface area contributed by atoms with Gasteiger partial charge in [-0.2, -0.15) is 0 Å². The molecule has 1 rings (SSSR count). The Morgan fingerprint density at radius 2 is 1.50 bits per heavy atom. The van der Waals surface area contributed by atoms with E-state index < -0.39 is 7.32 Å². The van der Waals surface area contributed by atoms with E-state index >= 15 is 0 Å². The van der Waals surface area contributed by atoms with E-state index in [4.69, 9.17) is 0 Å². The number of hydrogen-bond acceptors (Lipinski definition) is 3. The summed E-state index contributed by atoms with van der Waals surface area (Å²) in [4.78, 5) is 0. The zero-order chi connectivity index (χ0) is 7.40. The first-order valence-corrected chi connectivity index (χ1v) is 2.82. The van der Waals surface area contributed by atoms with Gasteiger partial charge in [-0.05, 0) is 12.1 Å². The molecule has 6 heteroatoms. The smallest absolute Gasteiger partial charge is 0.860 e. The fraction of sp³-hybridized carbons (Fsp3) is 0. The van der Waals surface area contributed by atoms with Crippen LogP contribution in [-0.4, -0.2) is 7.32 Å². The first-order chi connectivity index (χ1) is 4.79. The summed E-state index contributed by atoms with van der Waals surface area (Å²) < 4.78 is 4.30. The van der Waals surface area contributed by atoms with Gasteiger partial charge in [-0.1, -0.05) is 18.2 Å². The molecule has 0 saturated carbocycles. The molecule has 0 atom stereocenters. The minimum atomic E-state index is -2.23. The van der Waals surface area contributed by atoms with Crippen LogP contribution in [0.3, 0.4) is 0 Å². The Morgan fingerprint density at radius 3 is 1.92 bits per heavy atom. The third kappa shape index (κ3) is 7.66. The Labute approximate surface area is 157 Å². The Kier molecular flexibility index (Phi) is 13.7. The first kappa shape index (κ1) is 16.7. The predicted molar refractivity (Wildman–Crippen MR) is 32.8 cm³/mol. The molecule has 52 valence electrons. The van der Waals surface area contributed by atoms with E-state index in [0.717, 1.165) is 0 Å². The molecule has 12 heavy (non-hydrogen) atoms. The quantitative estimate of drug-likeness (QED) is 0.460. The molecule has 0 aromatic heterocycles. The molecule has 0 saturated heterocycles. The van der Waals surface area contributed by atoms with Crippen molar-refractivity contribution in [3.05, 3.63) is 30.3 Å². The Balaban J connectivity index is 0. The van der Waals surface area contributed by atoms with E-state index in [2.05, 4.69) is 4.65 Å². The second-order valence-corrected chi connectivity index (χ2v) is 1.72. The van der Waals surface area contributed by atoms with Crippen LogP contribution in [-0.2, 0) is 0 Å². The summed E-state index contributed by atoms with van der Waals surface area (Å²) in [5.41, 5.74) is 0. The fourth-order valence-electron chi connectivity index (χ4n) is 0.610. The van der Waals surface area contributed by atoms with Gasteiger partial charge in [0.15, 0.2) is 0 Å². The van der Waals surface area contributed by atoms with Crippen LogP contribution in [0.1, 0.15) is 0 Å². The Bertz CT molecular complexity index is 195. The van der Waals surface area contributed by atoms with E-state index in [1.807, 2.05) is 0 Å². The summed E-state index contributed by atoms with van der Waals surface area (Å²) in [6.07, 6.45) is 0. The van der Waals surface area contributed by atoms with Gasteiger partial charge in [0.25, 0.3) is 0 Å². The average Bonchev–Trinajstić information content (AvgIpc) is 1.88. The maximum absolute atomic E-state index is 9.92. The monoisotopic (exact) mass is 214 g/mol. The van der Waals surface area contributed by atoms with Crippen LogP contribution in [0.25, 0.3) is 0 Å². The van der Waals surface area contributed by atoms with Crippen molar-refractivity contribution in [2.24, 2.45) is 0 Å². The van der Waals surface area contributed by atoms with Gasteiger partial charge in [0, 0.05) is 0 Å². The molecule has 0 radical (unpaired) electrons. The molecule has 3 nitrogen and oxygen atoms in total. The van der Waals surface area contributed by atoms with Crippen molar-refractivity contribution in [1.82, 2.24) is 0 Å². The van der Waals surface area contributed by atoms with E-state index in [-0.39, 0.29) is 103 Å². The van der Waals surface area contributed by atoms with Gasteiger partial charge in [0.05, 0.1) is 5.75 Å². The van der Waals surface area contributed by atoms with Crippen molar-refractivity contribution in [3.8, 4) is 5.75 Å². The summed E-state index contributed by atoms with van der Waals surface area (Å²) in [6, 6.07) is 8.28. The Morgan fingerprint density at radius 1 is 1.00 bits per heavy atom. The predicted octanol–water partition coefficient (Wildman–Crippen LogP) is -7.22. The second-order valence-electron chi connectivity index (χ2n) is 1.72. The number of para-hydroxylation sites is 1. The minimum absolute atomic E-state index is 0. The van der Waals surface area contributed by atoms with Gasteiger partial charge < -0.3 is 14.7 Å². The summed E-state index contributed by atoms with van der Waals surface area (Å²) in [7, 11) is -2.23. The standard InChI is InChI=1S/C6H5BO3.2K/c8-7(9)10-6-4-2-1-3-5-6;;/h1-5H;;/q-2;2*+1. The molecule has 0 aliphatic carbocycles. The van der Waals surface area contributed by atoms with Gasteiger partial charge in [-0.15, -0.1) is 0 Å². The maximum Gasteiger partial charge on any atom is 1.00 e. The molecule has 0 aliphatic heterocycles. The van der Waals surface area contributed by atoms with Crippen LogP contribution in [0.5, 0.6) is 5.75 Å². The van der Waals surface area contributed by atoms with Crippen LogP contribution < -0.4 is 117 Å². The van der Waals surface area contributed by atoms with Gasteiger partial charge in [0.2, 0.25) is 0 Å². The Hall–Kier alpha value is 2.28. The van der Waals surface area contributed by atoms with Gasteiger partial charge in [-0.3, -0.25) is 0 Å². The van der Waals surface area contributed by atoms with Crippen molar-refractivity contribution < 1.29 is 117 Å². The average molecular weight is 214 g/mol. The number of benzene rings is 1. The summed E-state index contributed by atoms with van der Waals surface area (Å²) in [5.74, 6) is 0.317. The number of hydrogen-bond donors (Lipinski definition) is 0. The van der Waals surface area contributed by atoms with E-state index in [0.29, 0.717) is 5.75 Å². The van der Waals surface area contributed by atoms with Crippen LogP contribution in [0.4, 0.5) is 0 Å². The molecule has 0 spiro atoms. The molecular formula is C6H5BK2O3. The van der Waals surface area contributed by atoms with Crippen molar-refractivity contribution in [2.75, 3.05) is 0 Å².